The molecule has 0 unspecified atom stereocenters. The molecule has 1 aliphatic heterocycles. The van der Waals surface area contributed by atoms with Gasteiger partial charge < -0.3 is 19.9 Å². The lowest BCUT2D eigenvalue weighted by molar-refractivity contribution is -0.114. The third kappa shape index (κ3) is 3.73. The van der Waals surface area contributed by atoms with Crippen LogP contribution in [0.3, 0.4) is 0 Å². The van der Waals surface area contributed by atoms with E-state index in [2.05, 4.69) is 20.6 Å². The summed E-state index contributed by atoms with van der Waals surface area (Å²) in [5.41, 5.74) is 2.82. The van der Waals surface area contributed by atoms with Crippen molar-refractivity contribution in [3.05, 3.63) is 65.9 Å². The van der Waals surface area contributed by atoms with E-state index < -0.39 is 11.6 Å². The number of carbonyl (C=O) groups excluding carboxylic acids is 1. The summed E-state index contributed by atoms with van der Waals surface area (Å²) in [4.78, 5) is 20.0. The molecule has 4 aromatic rings. The van der Waals surface area contributed by atoms with Crippen molar-refractivity contribution in [2.75, 3.05) is 10.6 Å². The van der Waals surface area contributed by atoms with Crippen LogP contribution < -0.4 is 15.4 Å². The minimum Gasteiger partial charge on any atom is -0.457 e. The Morgan fingerprint density at radius 1 is 1.16 bits per heavy atom. The molecule has 9 heteroatoms. The van der Waals surface area contributed by atoms with E-state index in [1.54, 1.807) is 18.3 Å². The number of rotatable bonds is 5. The molecule has 5 rings (SSSR count). The highest BCUT2D eigenvalue weighted by Gasteiger charge is 2.22. The van der Waals surface area contributed by atoms with E-state index in [-0.39, 0.29) is 11.6 Å². The maximum Gasteiger partial charge on any atom is 0.222 e. The Morgan fingerprint density at radius 3 is 2.84 bits per heavy atom. The van der Waals surface area contributed by atoms with Gasteiger partial charge in [0.25, 0.3) is 0 Å². The van der Waals surface area contributed by atoms with Crippen molar-refractivity contribution in [1.82, 2.24) is 14.5 Å². The molecule has 3 heterocycles. The summed E-state index contributed by atoms with van der Waals surface area (Å²) in [6, 6.07) is 10.5. The number of amides is 1. The SMILES string of the molecule is CC(=O)Nc1cc(Oc2ccc3nc(Nc4ccc(F)cc4F)n4c3c2CCC4)ccn1. The predicted molar refractivity (Wildman–Crippen MR) is 116 cm³/mol. The number of nitrogens with one attached hydrogen (secondary N) is 2. The molecule has 0 bridgehead atoms. The normalized spacial score (nSPS) is 12.6. The number of ether oxygens (including phenoxy) is 1. The van der Waals surface area contributed by atoms with Crippen LogP contribution in [0.25, 0.3) is 11.0 Å². The number of pyridine rings is 1. The Kier molecular flexibility index (Phi) is 4.93. The highest BCUT2D eigenvalue weighted by atomic mass is 19.1. The molecule has 0 radical (unpaired) electrons. The number of halogens is 2. The monoisotopic (exact) mass is 435 g/mol. The zero-order chi connectivity index (χ0) is 22.2. The van der Waals surface area contributed by atoms with Gasteiger partial charge >= 0.3 is 0 Å². The molecule has 0 fully saturated rings. The summed E-state index contributed by atoms with van der Waals surface area (Å²) in [5, 5.41) is 5.62. The van der Waals surface area contributed by atoms with Gasteiger partial charge in [-0.3, -0.25) is 4.79 Å². The Hall–Kier alpha value is -4.01. The van der Waals surface area contributed by atoms with Gasteiger partial charge in [0, 0.05) is 37.4 Å². The summed E-state index contributed by atoms with van der Waals surface area (Å²) in [6.07, 6.45) is 3.22. The van der Waals surface area contributed by atoms with E-state index in [0.29, 0.717) is 29.8 Å². The van der Waals surface area contributed by atoms with Gasteiger partial charge in [0.15, 0.2) is 0 Å². The number of imidazole rings is 1. The number of hydrogen-bond acceptors (Lipinski definition) is 5. The summed E-state index contributed by atoms with van der Waals surface area (Å²) >= 11 is 0. The highest BCUT2D eigenvalue weighted by Crippen LogP contribution is 2.37. The third-order valence-corrected chi connectivity index (χ3v) is 5.22. The van der Waals surface area contributed by atoms with Crippen LogP contribution in [0.15, 0.2) is 48.7 Å². The highest BCUT2D eigenvalue weighted by molar-refractivity contribution is 5.88. The van der Waals surface area contributed by atoms with E-state index >= 15 is 0 Å². The fourth-order valence-corrected chi connectivity index (χ4v) is 3.90. The number of hydrogen-bond donors (Lipinski definition) is 2. The Bertz CT molecular complexity index is 1350. The van der Waals surface area contributed by atoms with Gasteiger partial charge in [-0.1, -0.05) is 0 Å². The second-order valence-electron chi connectivity index (χ2n) is 7.51. The lowest BCUT2D eigenvalue weighted by Crippen LogP contribution is -2.11. The fraction of sp³-hybridized carbons (Fsp3) is 0.174. The van der Waals surface area contributed by atoms with Crippen LogP contribution >= 0.6 is 0 Å². The molecule has 7 nitrogen and oxygen atoms in total. The first-order valence-corrected chi connectivity index (χ1v) is 10.1. The molecule has 162 valence electrons. The number of anilines is 3. The van der Waals surface area contributed by atoms with Crippen molar-refractivity contribution in [2.24, 2.45) is 0 Å². The van der Waals surface area contributed by atoms with Gasteiger partial charge in [-0.2, -0.15) is 0 Å². The van der Waals surface area contributed by atoms with Crippen LogP contribution in [0.5, 0.6) is 11.5 Å². The molecule has 0 atom stereocenters. The minimum atomic E-state index is -0.683. The van der Waals surface area contributed by atoms with Crippen LogP contribution in [-0.4, -0.2) is 20.4 Å². The first-order valence-electron chi connectivity index (χ1n) is 10.1. The van der Waals surface area contributed by atoms with Gasteiger partial charge in [0.2, 0.25) is 11.9 Å². The molecular formula is C23H19F2N5O2. The zero-order valence-corrected chi connectivity index (χ0v) is 17.2. The molecule has 1 amide bonds. The average Bonchev–Trinajstić information content (AvgIpc) is 3.11. The van der Waals surface area contributed by atoms with Crippen LogP contribution in [0.4, 0.5) is 26.2 Å². The van der Waals surface area contributed by atoms with Crippen LogP contribution in [-0.2, 0) is 17.8 Å². The second kappa shape index (κ2) is 7.92. The fourth-order valence-electron chi connectivity index (χ4n) is 3.90. The molecule has 0 saturated heterocycles. The van der Waals surface area contributed by atoms with Crippen molar-refractivity contribution < 1.29 is 18.3 Å². The van der Waals surface area contributed by atoms with Crippen LogP contribution in [0.1, 0.15) is 18.9 Å². The summed E-state index contributed by atoms with van der Waals surface area (Å²) in [6.45, 7) is 2.12. The maximum atomic E-state index is 14.1. The summed E-state index contributed by atoms with van der Waals surface area (Å²) in [7, 11) is 0. The van der Waals surface area contributed by atoms with E-state index in [9.17, 15) is 13.6 Å². The number of aryl methyl sites for hydroxylation is 2. The van der Waals surface area contributed by atoms with Crippen molar-refractivity contribution in [2.45, 2.75) is 26.3 Å². The third-order valence-electron chi connectivity index (χ3n) is 5.22. The number of carbonyl (C=O) groups is 1. The topological polar surface area (TPSA) is 81.1 Å². The maximum absolute atomic E-state index is 14.1. The van der Waals surface area contributed by atoms with Gasteiger partial charge in [0.1, 0.15) is 29.0 Å². The lowest BCUT2D eigenvalue weighted by atomic mass is 10.0. The molecule has 2 aromatic heterocycles. The largest absolute Gasteiger partial charge is 0.457 e. The van der Waals surface area contributed by atoms with E-state index in [1.165, 1.54) is 19.1 Å². The van der Waals surface area contributed by atoms with Crippen molar-refractivity contribution in [3.8, 4) is 11.5 Å². The quantitative estimate of drug-likeness (QED) is 0.453. The Balaban J connectivity index is 1.51. The first kappa shape index (κ1) is 19.9. The van der Waals surface area contributed by atoms with Gasteiger partial charge in [0.05, 0.1) is 16.7 Å². The molecule has 0 aliphatic carbocycles. The van der Waals surface area contributed by atoms with Gasteiger partial charge in [-0.25, -0.2) is 18.7 Å². The number of nitrogens with zero attached hydrogens (tertiary/aromatic N) is 3. The smallest absolute Gasteiger partial charge is 0.222 e. The second-order valence-corrected chi connectivity index (χ2v) is 7.51. The summed E-state index contributed by atoms with van der Waals surface area (Å²) in [5.74, 6) is 0.582. The molecule has 0 saturated carbocycles. The van der Waals surface area contributed by atoms with E-state index in [0.717, 1.165) is 35.5 Å². The first-order chi connectivity index (χ1) is 15.5. The number of aromatic nitrogens is 3. The Morgan fingerprint density at radius 2 is 2.03 bits per heavy atom. The minimum absolute atomic E-state index is 0.156. The van der Waals surface area contributed by atoms with Crippen LogP contribution in [0, 0.1) is 11.6 Å². The molecule has 0 spiro atoms. The van der Waals surface area contributed by atoms with Crippen molar-refractivity contribution in [3.63, 3.8) is 0 Å². The standard InChI is InChI=1S/C23H19F2N5O2/c1-13(31)27-21-12-15(8-9-26-21)32-20-7-6-19-22-16(20)3-2-10-30(22)23(29-19)28-18-5-4-14(24)11-17(18)25/h4-9,11-12H,2-3,10H2,1H3,(H,28,29)(H,26,27,31). The van der Waals surface area contributed by atoms with Gasteiger partial charge in [-0.05, 0) is 43.2 Å². The van der Waals surface area contributed by atoms with Crippen LogP contribution in [0.2, 0.25) is 0 Å². The van der Waals surface area contributed by atoms with E-state index in [1.807, 2.05) is 16.7 Å². The molecule has 2 N–H and O–H groups in total. The molecule has 2 aromatic carbocycles. The van der Waals surface area contributed by atoms with Crippen molar-refractivity contribution >= 4 is 34.4 Å². The number of benzene rings is 2. The zero-order valence-electron chi connectivity index (χ0n) is 17.2. The predicted octanol–water partition coefficient (Wildman–Crippen LogP) is 5.15. The Labute approximate surface area is 182 Å². The molecule has 1 aliphatic rings. The van der Waals surface area contributed by atoms with Crippen molar-refractivity contribution in [1.29, 1.82) is 0 Å². The molecular weight excluding hydrogens is 416 g/mol. The molecule has 32 heavy (non-hydrogen) atoms. The average molecular weight is 435 g/mol. The summed E-state index contributed by atoms with van der Waals surface area (Å²) < 4.78 is 35.5. The van der Waals surface area contributed by atoms with E-state index in [4.69, 9.17) is 4.74 Å². The lowest BCUT2D eigenvalue weighted by Gasteiger charge is -2.20. The van der Waals surface area contributed by atoms with Gasteiger partial charge in [-0.15, -0.1) is 0 Å².